The monoisotopic (exact) mass is 434 g/mol. The normalized spacial score (nSPS) is 11.3. The van der Waals surface area contributed by atoms with Crippen LogP contribution in [0.1, 0.15) is 22.0 Å². The highest BCUT2D eigenvalue weighted by Crippen LogP contribution is 2.15. The predicted molar refractivity (Wildman–Crippen MR) is 89.7 cm³/mol. The van der Waals surface area contributed by atoms with Crippen molar-refractivity contribution in [3.05, 3.63) is 71.3 Å². The highest BCUT2D eigenvalue weighted by molar-refractivity contribution is 9.09. The van der Waals surface area contributed by atoms with Crippen molar-refractivity contribution in [2.45, 2.75) is 6.10 Å². The Morgan fingerprint density at radius 1 is 1.05 bits per heavy atom. The summed E-state index contributed by atoms with van der Waals surface area (Å²) in [6.45, 7) is 0. The van der Waals surface area contributed by atoms with Gasteiger partial charge in [0.1, 0.15) is 11.6 Å². The first-order valence-corrected chi connectivity index (χ1v) is 8.56. The number of carbonyl (C=O) groups is 1. The largest absolute Gasteiger partial charge is 0.388 e. The lowest BCUT2D eigenvalue weighted by molar-refractivity contribution is 0.102. The lowest BCUT2D eigenvalue weighted by Crippen LogP contribution is -1.99. The highest BCUT2D eigenvalue weighted by Gasteiger charge is 2.05. The van der Waals surface area contributed by atoms with Crippen molar-refractivity contribution < 1.29 is 18.7 Å². The van der Waals surface area contributed by atoms with Gasteiger partial charge in [-0.15, -0.1) is 0 Å². The van der Waals surface area contributed by atoms with E-state index in [2.05, 4.69) is 31.9 Å². The summed E-state index contributed by atoms with van der Waals surface area (Å²) < 4.78 is 25.0. The second-order valence-electron chi connectivity index (χ2n) is 4.29. The first-order chi connectivity index (χ1) is 10.5. The average Bonchev–Trinajstić information content (AvgIpc) is 2.54. The molecule has 0 amide bonds. The van der Waals surface area contributed by atoms with Gasteiger partial charge >= 0.3 is 0 Å². The van der Waals surface area contributed by atoms with Gasteiger partial charge in [-0.25, -0.2) is 8.78 Å². The molecule has 0 saturated carbocycles. The topological polar surface area (TPSA) is 37.3 Å². The number of hydrogen-bond acceptors (Lipinski definition) is 2. The number of ketones is 1. The number of carbonyl (C=O) groups excluding carboxylic acids is 1. The number of aliphatic hydroxyl groups excluding tert-OH is 1. The van der Waals surface area contributed by atoms with E-state index in [4.69, 9.17) is 0 Å². The van der Waals surface area contributed by atoms with E-state index in [1.165, 1.54) is 30.3 Å². The summed E-state index contributed by atoms with van der Waals surface area (Å²) in [5, 5.41) is 9.90. The van der Waals surface area contributed by atoms with Crippen LogP contribution in [0.15, 0.2) is 48.5 Å². The molecule has 118 valence electrons. The number of aliphatic hydroxyl groups is 1. The fraction of sp³-hybridized carbons (Fsp3) is 0.188. The Bertz CT molecular complexity index is 621. The van der Waals surface area contributed by atoms with Crippen molar-refractivity contribution >= 4 is 37.6 Å². The Hall–Kier alpha value is -1.11. The van der Waals surface area contributed by atoms with E-state index in [1.54, 1.807) is 18.2 Å². The minimum atomic E-state index is -0.620. The van der Waals surface area contributed by atoms with Crippen molar-refractivity contribution in [2.24, 2.45) is 0 Å². The Morgan fingerprint density at radius 2 is 1.64 bits per heavy atom. The average molecular weight is 436 g/mol. The van der Waals surface area contributed by atoms with Crippen LogP contribution in [-0.2, 0) is 0 Å². The number of alkyl halides is 2. The molecule has 0 aliphatic heterocycles. The van der Waals surface area contributed by atoms with E-state index in [-0.39, 0.29) is 22.7 Å². The molecular weight excluding hydrogens is 422 g/mol. The summed E-state index contributed by atoms with van der Waals surface area (Å²) in [5.41, 5.74) is 1.00. The van der Waals surface area contributed by atoms with Gasteiger partial charge in [-0.2, -0.15) is 0 Å². The molecule has 0 aromatic heterocycles. The molecule has 6 heteroatoms. The molecule has 0 fully saturated rings. The molecule has 2 rings (SSSR count). The fourth-order valence-electron chi connectivity index (χ4n) is 1.54. The van der Waals surface area contributed by atoms with Crippen LogP contribution in [0.2, 0.25) is 0 Å². The third kappa shape index (κ3) is 6.34. The number of halogens is 4. The zero-order valence-electron chi connectivity index (χ0n) is 11.5. The van der Waals surface area contributed by atoms with Crippen molar-refractivity contribution in [1.29, 1.82) is 0 Å². The molecule has 1 N–H and O–H groups in total. The summed E-state index contributed by atoms with van der Waals surface area (Å²) in [5.74, 6) is -0.802. The van der Waals surface area contributed by atoms with E-state index in [1.807, 2.05) is 0 Å². The Kier molecular flexibility index (Phi) is 8.45. The molecule has 0 spiro atoms. The maximum Gasteiger partial charge on any atom is 0.173 e. The van der Waals surface area contributed by atoms with Crippen LogP contribution < -0.4 is 0 Å². The summed E-state index contributed by atoms with van der Waals surface area (Å²) in [4.78, 5) is 11.0. The smallest absolute Gasteiger partial charge is 0.173 e. The van der Waals surface area contributed by atoms with Crippen molar-refractivity contribution in [3.8, 4) is 0 Å². The van der Waals surface area contributed by atoms with Crippen molar-refractivity contribution in [3.63, 3.8) is 0 Å². The first kappa shape index (κ1) is 18.9. The van der Waals surface area contributed by atoms with Gasteiger partial charge in [0.25, 0.3) is 0 Å². The van der Waals surface area contributed by atoms with Crippen LogP contribution >= 0.6 is 31.9 Å². The molecule has 0 unspecified atom stereocenters. The van der Waals surface area contributed by atoms with Crippen LogP contribution in [0.25, 0.3) is 0 Å². The third-order valence-corrected chi connectivity index (χ3v) is 3.77. The van der Waals surface area contributed by atoms with Gasteiger partial charge in [-0.1, -0.05) is 56.1 Å². The summed E-state index contributed by atoms with van der Waals surface area (Å²) in [7, 11) is 0. The second kappa shape index (κ2) is 9.82. The van der Waals surface area contributed by atoms with Crippen LogP contribution in [0, 0.1) is 11.6 Å². The highest BCUT2D eigenvalue weighted by atomic mass is 79.9. The maximum atomic E-state index is 12.5. The molecule has 0 radical (unpaired) electrons. The van der Waals surface area contributed by atoms with E-state index in [9.17, 15) is 18.7 Å². The van der Waals surface area contributed by atoms with E-state index in [0.717, 1.165) is 0 Å². The molecule has 0 saturated heterocycles. The van der Waals surface area contributed by atoms with Crippen LogP contribution in [0.5, 0.6) is 0 Å². The summed E-state index contributed by atoms with van der Waals surface area (Å²) in [6, 6.07) is 11.6. The standard InChI is InChI=1S/C8H8BrFO.C8H6BrFO/c2*9-5-8(11)6-2-1-3-7(10)4-6/h1-4,8,11H,5H2;1-4H,5H2/t8-;/m0./s1. The number of hydrogen-bond donors (Lipinski definition) is 1. The SMILES string of the molecule is O=C(CBr)c1cccc(F)c1.O[C@@H](CBr)c1cccc(F)c1. The quantitative estimate of drug-likeness (QED) is 0.560. The molecule has 2 aromatic carbocycles. The number of rotatable bonds is 4. The van der Waals surface area contributed by atoms with Crippen LogP contribution in [0.4, 0.5) is 8.78 Å². The summed E-state index contributed by atoms with van der Waals surface area (Å²) in [6.07, 6.45) is -0.620. The van der Waals surface area contributed by atoms with Crippen LogP contribution in [0.3, 0.4) is 0 Å². The molecule has 22 heavy (non-hydrogen) atoms. The Labute approximate surface area is 144 Å². The zero-order chi connectivity index (χ0) is 16.5. The van der Waals surface area contributed by atoms with Gasteiger partial charge in [-0.05, 0) is 29.8 Å². The molecular formula is C16H14Br2F2O2. The molecule has 0 aliphatic carbocycles. The van der Waals surface area contributed by atoms with Crippen molar-refractivity contribution in [2.75, 3.05) is 10.7 Å². The fourth-order valence-corrected chi connectivity index (χ4v) is 2.24. The number of benzene rings is 2. The van der Waals surface area contributed by atoms with E-state index >= 15 is 0 Å². The maximum absolute atomic E-state index is 12.5. The van der Waals surface area contributed by atoms with E-state index in [0.29, 0.717) is 16.5 Å². The second-order valence-corrected chi connectivity index (χ2v) is 5.50. The number of Topliss-reactive ketones (excluding diaryl/α,β-unsaturated/α-hetero) is 1. The molecule has 2 nitrogen and oxygen atoms in total. The molecule has 0 bridgehead atoms. The van der Waals surface area contributed by atoms with E-state index < -0.39 is 6.10 Å². The van der Waals surface area contributed by atoms with Gasteiger partial charge in [0.15, 0.2) is 5.78 Å². The Balaban J connectivity index is 0.000000220. The van der Waals surface area contributed by atoms with Gasteiger partial charge < -0.3 is 5.11 Å². The first-order valence-electron chi connectivity index (χ1n) is 6.32. The predicted octanol–water partition coefficient (Wildman–Crippen LogP) is 4.66. The molecule has 0 aliphatic rings. The minimum absolute atomic E-state index is 0.107. The molecule has 0 heterocycles. The molecule has 1 atom stereocenters. The minimum Gasteiger partial charge on any atom is -0.388 e. The summed E-state index contributed by atoms with van der Waals surface area (Å²) >= 11 is 6.11. The van der Waals surface area contributed by atoms with Crippen molar-refractivity contribution in [1.82, 2.24) is 0 Å². The lowest BCUT2D eigenvalue weighted by atomic mass is 10.1. The molecule has 2 aromatic rings. The van der Waals surface area contributed by atoms with Crippen LogP contribution in [-0.4, -0.2) is 21.5 Å². The van der Waals surface area contributed by atoms with Gasteiger partial charge in [-0.3, -0.25) is 4.79 Å². The zero-order valence-corrected chi connectivity index (χ0v) is 14.6. The van der Waals surface area contributed by atoms with Gasteiger partial charge in [0.05, 0.1) is 11.4 Å². The third-order valence-electron chi connectivity index (χ3n) is 2.65. The lowest BCUT2D eigenvalue weighted by Gasteiger charge is -2.05. The van der Waals surface area contributed by atoms with Gasteiger partial charge in [0, 0.05) is 10.9 Å². The Morgan fingerprint density at radius 3 is 2.14 bits per heavy atom. The van der Waals surface area contributed by atoms with Gasteiger partial charge in [0.2, 0.25) is 0 Å².